The average molecular weight is 438 g/mol. The van der Waals surface area contributed by atoms with Gasteiger partial charge in [0, 0.05) is 11.8 Å². The Bertz CT molecular complexity index is 1100. The molecule has 4 heteroatoms. The summed E-state index contributed by atoms with van der Waals surface area (Å²) in [6.07, 6.45) is 5.07. The predicted molar refractivity (Wildman–Crippen MR) is 129 cm³/mol. The lowest BCUT2D eigenvalue weighted by Crippen LogP contribution is -2.32. The maximum Gasteiger partial charge on any atom is 0.238 e. The molecule has 33 heavy (non-hydrogen) atoms. The van der Waals surface area contributed by atoms with Gasteiger partial charge >= 0.3 is 0 Å². The number of nitrogens with zero attached hydrogens (tertiary/aromatic N) is 1. The second kappa shape index (κ2) is 9.07. The zero-order valence-corrected chi connectivity index (χ0v) is 18.6. The van der Waals surface area contributed by atoms with Crippen molar-refractivity contribution in [1.82, 2.24) is 0 Å². The van der Waals surface area contributed by atoms with E-state index in [2.05, 4.69) is 12.2 Å². The van der Waals surface area contributed by atoms with Crippen molar-refractivity contribution in [2.75, 3.05) is 11.5 Å². The molecule has 4 nitrogen and oxygen atoms in total. The lowest BCUT2D eigenvalue weighted by molar-refractivity contribution is -0.122. The number of hydrogen-bond donors (Lipinski definition) is 0. The van der Waals surface area contributed by atoms with Crippen molar-refractivity contribution in [3.8, 4) is 5.75 Å². The van der Waals surface area contributed by atoms with Crippen LogP contribution >= 0.6 is 0 Å². The van der Waals surface area contributed by atoms with E-state index in [0.29, 0.717) is 18.0 Å². The van der Waals surface area contributed by atoms with Gasteiger partial charge in [-0.25, -0.2) is 4.90 Å². The van der Waals surface area contributed by atoms with Crippen LogP contribution in [0, 0.1) is 11.8 Å². The third-order valence-electron chi connectivity index (χ3n) is 6.63. The number of anilines is 1. The van der Waals surface area contributed by atoms with Crippen molar-refractivity contribution in [3.05, 3.63) is 108 Å². The number of carbonyl (C=O) groups is 2. The van der Waals surface area contributed by atoms with E-state index in [0.717, 1.165) is 17.5 Å². The standard InChI is InChI=1S/C29H27NO3/c1-2-19-33-25-16-10-9-15-24(25)30-28(31)26-22(20-11-5-3-6-12-20)17-18-23(27(26)29(30)32)21-13-7-4-8-14-21/h3-18,22-23,26-27H,2,19H2,1H3/t22-,23+,26-,27-/m1/s1. The molecule has 1 aliphatic heterocycles. The van der Waals surface area contributed by atoms with Crippen molar-refractivity contribution in [2.24, 2.45) is 11.8 Å². The van der Waals surface area contributed by atoms with Gasteiger partial charge in [-0.2, -0.15) is 0 Å². The van der Waals surface area contributed by atoms with Gasteiger partial charge in [0.25, 0.3) is 0 Å². The van der Waals surface area contributed by atoms with Gasteiger partial charge in [-0.3, -0.25) is 9.59 Å². The second-order valence-corrected chi connectivity index (χ2v) is 8.64. The Morgan fingerprint density at radius 3 is 1.70 bits per heavy atom. The van der Waals surface area contributed by atoms with Gasteiger partial charge in [0.2, 0.25) is 11.8 Å². The lowest BCUT2D eigenvalue weighted by atomic mass is 9.68. The molecule has 3 aromatic rings. The van der Waals surface area contributed by atoms with E-state index in [9.17, 15) is 9.59 Å². The largest absolute Gasteiger partial charge is 0.491 e. The summed E-state index contributed by atoms with van der Waals surface area (Å²) in [5.74, 6) is -0.972. The minimum Gasteiger partial charge on any atom is -0.491 e. The van der Waals surface area contributed by atoms with Crippen molar-refractivity contribution in [2.45, 2.75) is 25.2 Å². The van der Waals surface area contributed by atoms with Crippen LogP contribution in [0.1, 0.15) is 36.3 Å². The third kappa shape index (κ3) is 3.76. The van der Waals surface area contributed by atoms with Crippen molar-refractivity contribution in [3.63, 3.8) is 0 Å². The quantitative estimate of drug-likeness (QED) is 0.366. The summed E-state index contributed by atoms with van der Waals surface area (Å²) in [6.45, 7) is 2.56. The van der Waals surface area contributed by atoms with E-state index in [4.69, 9.17) is 4.74 Å². The molecule has 0 radical (unpaired) electrons. The highest BCUT2D eigenvalue weighted by atomic mass is 16.5. The van der Waals surface area contributed by atoms with Crippen LogP contribution in [0.4, 0.5) is 5.69 Å². The number of carbonyl (C=O) groups excluding carboxylic acids is 2. The topological polar surface area (TPSA) is 46.6 Å². The Kier molecular flexibility index (Phi) is 5.82. The van der Waals surface area contributed by atoms with Gasteiger partial charge in [0.05, 0.1) is 24.1 Å². The molecule has 2 aliphatic rings. The summed E-state index contributed by atoms with van der Waals surface area (Å²) < 4.78 is 5.91. The van der Waals surface area contributed by atoms with Gasteiger partial charge in [0.15, 0.2) is 0 Å². The fraction of sp³-hybridized carbons (Fsp3) is 0.241. The summed E-state index contributed by atoms with van der Waals surface area (Å²) in [7, 11) is 0. The second-order valence-electron chi connectivity index (χ2n) is 8.64. The Balaban J connectivity index is 1.61. The molecule has 2 amide bonds. The van der Waals surface area contributed by atoms with E-state index in [1.807, 2.05) is 85.8 Å². The Labute approximate surface area is 194 Å². The highest BCUT2D eigenvalue weighted by molar-refractivity contribution is 6.23. The lowest BCUT2D eigenvalue weighted by Gasteiger charge is -2.32. The summed E-state index contributed by atoms with van der Waals surface area (Å²) >= 11 is 0. The molecule has 1 fully saturated rings. The van der Waals surface area contributed by atoms with E-state index >= 15 is 0 Å². The van der Waals surface area contributed by atoms with Gasteiger partial charge in [-0.05, 0) is 29.7 Å². The molecule has 3 aromatic carbocycles. The number of hydrogen-bond acceptors (Lipinski definition) is 3. The molecule has 4 atom stereocenters. The van der Waals surface area contributed by atoms with Gasteiger partial charge in [0.1, 0.15) is 5.75 Å². The van der Waals surface area contributed by atoms with Crippen molar-refractivity contribution < 1.29 is 14.3 Å². The van der Waals surface area contributed by atoms with Gasteiger partial charge in [-0.15, -0.1) is 0 Å². The van der Waals surface area contributed by atoms with Crippen LogP contribution in [-0.4, -0.2) is 18.4 Å². The van der Waals surface area contributed by atoms with Crippen molar-refractivity contribution >= 4 is 17.5 Å². The van der Waals surface area contributed by atoms with Crippen LogP contribution in [0.5, 0.6) is 5.75 Å². The average Bonchev–Trinajstić information content (AvgIpc) is 3.14. The maximum absolute atomic E-state index is 14.0. The van der Waals surface area contributed by atoms with E-state index < -0.39 is 11.8 Å². The molecule has 1 aliphatic carbocycles. The minimum atomic E-state index is -0.464. The zero-order valence-electron chi connectivity index (χ0n) is 18.6. The zero-order chi connectivity index (χ0) is 22.8. The minimum absolute atomic E-state index is 0.152. The number of allylic oxidation sites excluding steroid dienone is 2. The number of benzene rings is 3. The molecule has 0 spiro atoms. The maximum atomic E-state index is 14.0. The number of imide groups is 1. The summed E-state index contributed by atoms with van der Waals surface area (Å²) in [5, 5.41) is 0. The summed E-state index contributed by atoms with van der Waals surface area (Å²) in [5.41, 5.74) is 2.64. The molecule has 0 saturated carbocycles. The van der Waals surface area contributed by atoms with E-state index in [-0.39, 0.29) is 23.7 Å². The number of amides is 2. The monoisotopic (exact) mass is 437 g/mol. The van der Waals surface area contributed by atoms with Gasteiger partial charge in [-0.1, -0.05) is 91.9 Å². The predicted octanol–water partition coefficient (Wildman–Crippen LogP) is 5.72. The Morgan fingerprint density at radius 1 is 0.697 bits per heavy atom. The number of ether oxygens (including phenoxy) is 1. The van der Waals surface area contributed by atoms with Crippen LogP contribution in [0.3, 0.4) is 0 Å². The van der Waals surface area contributed by atoms with Crippen LogP contribution in [0.25, 0.3) is 0 Å². The first-order valence-corrected chi connectivity index (χ1v) is 11.6. The molecule has 0 unspecified atom stereocenters. The normalized spacial score (nSPS) is 24.1. The molecule has 0 bridgehead atoms. The van der Waals surface area contributed by atoms with Crippen LogP contribution < -0.4 is 9.64 Å². The summed E-state index contributed by atoms with van der Waals surface area (Å²) in [4.78, 5) is 29.3. The molecule has 5 rings (SSSR count). The Hall–Kier alpha value is -3.66. The van der Waals surface area contributed by atoms with Crippen LogP contribution in [0.2, 0.25) is 0 Å². The number of rotatable bonds is 6. The third-order valence-corrected chi connectivity index (χ3v) is 6.63. The molecular weight excluding hydrogens is 410 g/mol. The first kappa shape index (κ1) is 21.2. The highest BCUT2D eigenvalue weighted by Gasteiger charge is 2.55. The van der Waals surface area contributed by atoms with Crippen molar-refractivity contribution in [1.29, 1.82) is 0 Å². The first-order chi connectivity index (χ1) is 16.2. The molecule has 0 aromatic heterocycles. The molecule has 0 N–H and O–H groups in total. The summed E-state index contributed by atoms with van der Waals surface area (Å²) in [6, 6.07) is 27.3. The van der Waals surface area contributed by atoms with Gasteiger partial charge < -0.3 is 4.74 Å². The molecule has 1 saturated heterocycles. The number of para-hydroxylation sites is 2. The number of fused-ring (bicyclic) bond motifs is 1. The molecular formula is C29H27NO3. The Morgan fingerprint density at radius 2 is 1.18 bits per heavy atom. The first-order valence-electron chi connectivity index (χ1n) is 11.6. The van der Waals surface area contributed by atoms with Crippen LogP contribution in [-0.2, 0) is 9.59 Å². The molecule has 166 valence electrons. The van der Waals surface area contributed by atoms with E-state index in [1.165, 1.54) is 4.90 Å². The smallest absolute Gasteiger partial charge is 0.238 e. The van der Waals surface area contributed by atoms with Crippen LogP contribution in [0.15, 0.2) is 97.1 Å². The highest BCUT2D eigenvalue weighted by Crippen LogP contribution is 2.51. The molecule has 1 heterocycles. The van der Waals surface area contributed by atoms with E-state index in [1.54, 1.807) is 6.07 Å². The fourth-order valence-corrected chi connectivity index (χ4v) is 5.15. The fourth-order valence-electron chi connectivity index (χ4n) is 5.15. The SMILES string of the molecule is CCCOc1ccccc1N1C(=O)[C@H]2[C@H](C1=O)[C@H](c1ccccc1)C=C[C@@H]2c1ccccc1.